The largest absolute Gasteiger partial charge is 0.343 e. The van der Waals surface area contributed by atoms with Gasteiger partial charge in [-0.3, -0.25) is 9.48 Å². The van der Waals surface area contributed by atoms with Crippen molar-refractivity contribution in [3.8, 4) is 0 Å². The third-order valence-electron chi connectivity index (χ3n) is 5.30. The van der Waals surface area contributed by atoms with Gasteiger partial charge in [-0.05, 0) is 18.4 Å². The molecule has 0 radical (unpaired) electrons. The Balaban J connectivity index is 0.00000182. The third kappa shape index (κ3) is 3.25. The van der Waals surface area contributed by atoms with Crippen LogP contribution in [0.15, 0.2) is 12.4 Å². The summed E-state index contributed by atoms with van der Waals surface area (Å²) < 4.78 is 1.78. The van der Waals surface area contributed by atoms with Gasteiger partial charge < -0.3 is 10.6 Å². The van der Waals surface area contributed by atoms with Gasteiger partial charge in [0.2, 0.25) is 5.91 Å². The van der Waals surface area contributed by atoms with Crippen LogP contribution in [0.3, 0.4) is 0 Å². The van der Waals surface area contributed by atoms with E-state index in [2.05, 4.69) is 36.4 Å². The van der Waals surface area contributed by atoms with Gasteiger partial charge in [0, 0.05) is 32.3 Å². The van der Waals surface area contributed by atoms with E-state index in [1.807, 2.05) is 19.4 Å². The zero-order valence-electron chi connectivity index (χ0n) is 14.1. The molecule has 4 rings (SSSR count). The first-order valence-electron chi connectivity index (χ1n) is 8.43. The lowest BCUT2D eigenvalue weighted by atomic mass is 9.88. The summed E-state index contributed by atoms with van der Waals surface area (Å²) >= 11 is 0. The van der Waals surface area contributed by atoms with Crippen LogP contribution in [0, 0.1) is 5.92 Å². The molecule has 0 aromatic carbocycles. The third-order valence-corrected chi connectivity index (χ3v) is 5.30. The number of nitrogens with one attached hydrogen (secondary N) is 3. The van der Waals surface area contributed by atoms with Gasteiger partial charge in [-0.15, -0.1) is 22.6 Å². The first-order chi connectivity index (χ1) is 11.7. The Labute approximate surface area is 151 Å². The number of halogens is 1. The van der Waals surface area contributed by atoms with Gasteiger partial charge in [0.15, 0.2) is 5.82 Å². The predicted molar refractivity (Wildman–Crippen MR) is 92.0 cm³/mol. The van der Waals surface area contributed by atoms with Crippen LogP contribution in [0.4, 0.5) is 0 Å². The molecule has 136 valence electrons. The lowest BCUT2D eigenvalue weighted by Gasteiger charge is -2.29. The minimum absolute atomic E-state index is 0. The number of rotatable bonds is 4. The van der Waals surface area contributed by atoms with Crippen LogP contribution in [0.5, 0.6) is 0 Å². The fourth-order valence-electron chi connectivity index (χ4n) is 4.01. The lowest BCUT2D eigenvalue weighted by molar-refractivity contribution is -0.127. The van der Waals surface area contributed by atoms with Gasteiger partial charge in [0.05, 0.1) is 12.1 Å². The first-order valence-corrected chi connectivity index (χ1v) is 8.43. The second kappa shape index (κ2) is 7.09. The van der Waals surface area contributed by atoms with Crippen LogP contribution in [-0.4, -0.2) is 49.4 Å². The van der Waals surface area contributed by atoms with E-state index >= 15 is 0 Å². The topological polar surface area (TPSA) is 113 Å². The van der Waals surface area contributed by atoms with E-state index in [1.165, 1.54) is 0 Å². The van der Waals surface area contributed by atoms with Gasteiger partial charge in [0.25, 0.3) is 0 Å². The van der Waals surface area contributed by atoms with E-state index < -0.39 is 5.54 Å². The van der Waals surface area contributed by atoms with E-state index in [1.54, 1.807) is 4.68 Å². The fourth-order valence-corrected chi connectivity index (χ4v) is 4.01. The number of H-pyrrole nitrogens is 1. The normalized spacial score (nSPS) is 24.8. The molecule has 25 heavy (non-hydrogen) atoms. The Morgan fingerprint density at radius 3 is 2.80 bits per heavy atom. The average molecular weight is 367 g/mol. The molecule has 9 nitrogen and oxygen atoms in total. The number of aromatic nitrogens is 6. The van der Waals surface area contributed by atoms with Crippen molar-refractivity contribution in [1.82, 2.24) is 41.0 Å². The number of carbonyl (C=O) groups excluding carboxylic acids is 1. The predicted octanol–water partition coefficient (Wildman–Crippen LogP) is 0.244. The zero-order chi connectivity index (χ0) is 16.6. The maximum Gasteiger partial charge on any atom is 0.225 e. The molecule has 1 saturated heterocycles. The monoisotopic (exact) mass is 366 g/mol. The van der Waals surface area contributed by atoms with Crippen LogP contribution in [0.1, 0.15) is 43.0 Å². The molecule has 3 heterocycles. The van der Waals surface area contributed by atoms with E-state index in [0.29, 0.717) is 12.4 Å². The van der Waals surface area contributed by atoms with Crippen LogP contribution >= 0.6 is 12.4 Å². The fraction of sp³-hybridized carbons (Fsp3) is 0.667. The molecule has 2 aromatic rings. The molecule has 2 aliphatic rings. The summed E-state index contributed by atoms with van der Waals surface area (Å²) in [6.45, 7) is 1.46. The highest BCUT2D eigenvalue weighted by atomic mass is 35.5. The Kier molecular flexibility index (Phi) is 5.05. The zero-order valence-corrected chi connectivity index (χ0v) is 14.9. The van der Waals surface area contributed by atoms with Crippen LogP contribution in [0.25, 0.3) is 0 Å². The van der Waals surface area contributed by atoms with Crippen LogP contribution in [0.2, 0.25) is 0 Å². The lowest BCUT2D eigenvalue weighted by Crippen LogP contribution is -2.48. The molecule has 2 fully saturated rings. The quantitative estimate of drug-likeness (QED) is 0.714. The van der Waals surface area contributed by atoms with Gasteiger partial charge in [-0.1, -0.05) is 18.1 Å². The molecule has 0 bridgehead atoms. The smallest absolute Gasteiger partial charge is 0.225 e. The molecular formula is C15H23ClN8O. The highest BCUT2D eigenvalue weighted by Gasteiger charge is 2.44. The molecule has 1 amide bonds. The Hall–Kier alpha value is -2.00. The molecule has 1 saturated carbocycles. The highest BCUT2D eigenvalue weighted by Crippen LogP contribution is 2.38. The molecule has 1 aliphatic carbocycles. The standard InChI is InChI=1S/C15H22N8O.ClH/c1-23-9-10(6-17-23)11-7-16-8-12(11)13(24)18-15(4-2-3-5-15)14-19-21-22-20-14;/h6,9,11-12,16H,2-5,7-8H2,1H3,(H,18,24)(H,19,20,21,22);1H/t11-,12+;/m1./s1. The Morgan fingerprint density at radius 2 is 2.16 bits per heavy atom. The van der Waals surface area contributed by atoms with Crippen molar-refractivity contribution in [2.45, 2.75) is 37.1 Å². The molecule has 0 unspecified atom stereocenters. The number of hydrogen-bond acceptors (Lipinski definition) is 6. The van der Waals surface area contributed by atoms with Crippen molar-refractivity contribution < 1.29 is 4.79 Å². The number of amides is 1. The molecular weight excluding hydrogens is 344 g/mol. The SMILES string of the molecule is Cl.Cn1cc([C@H]2CNC[C@@H]2C(=O)NC2(c3nn[nH]n3)CCCC2)cn1. The molecule has 2 aromatic heterocycles. The minimum Gasteiger partial charge on any atom is -0.343 e. The van der Waals surface area contributed by atoms with E-state index in [9.17, 15) is 4.79 Å². The first kappa shape index (κ1) is 17.8. The number of carbonyl (C=O) groups is 1. The van der Waals surface area contributed by atoms with Crippen molar-refractivity contribution >= 4 is 18.3 Å². The minimum atomic E-state index is -0.480. The Morgan fingerprint density at radius 1 is 1.36 bits per heavy atom. The summed E-state index contributed by atoms with van der Waals surface area (Å²) in [4.78, 5) is 13.0. The van der Waals surface area contributed by atoms with Gasteiger partial charge >= 0.3 is 0 Å². The van der Waals surface area contributed by atoms with Crippen molar-refractivity contribution in [1.29, 1.82) is 0 Å². The number of nitrogens with zero attached hydrogens (tertiary/aromatic N) is 5. The summed E-state index contributed by atoms with van der Waals surface area (Å²) in [5, 5.41) is 25.3. The molecule has 10 heteroatoms. The second-order valence-electron chi connectivity index (χ2n) is 6.83. The van der Waals surface area contributed by atoms with Crippen molar-refractivity contribution in [2.24, 2.45) is 13.0 Å². The van der Waals surface area contributed by atoms with Crippen LogP contribution in [-0.2, 0) is 17.4 Å². The van der Waals surface area contributed by atoms with Gasteiger partial charge in [0.1, 0.15) is 5.54 Å². The highest BCUT2D eigenvalue weighted by molar-refractivity contribution is 5.85. The summed E-state index contributed by atoms with van der Waals surface area (Å²) in [6, 6.07) is 0. The van der Waals surface area contributed by atoms with Crippen molar-refractivity contribution in [3.05, 3.63) is 23.8 Å². The van der Waals surface area contributed by atoms with Crippen molar-refractivity contribution in [2.75, 3.05) is 13.1 Å². The molecule has 0 spiro atoms. The Bertz CT molecular complexity index is 709. The summed E-state index contributed by atoms with van der Waals surface area (Å²) in [5.41, 5.74) is 0.620. The maximum atomic E-state index is 13.0. The van der Waals surface area contributed by atoms with Gasteiger partial charge in [-0.2, -0.15) is 10.3 Å². The van der Waals surface area contributed by atoms with E-state index in [0.717, 1.165) is 37.8 Å². The van der Waals surface area contributed by atoms with Crippen LogP contribution < -0.4 is 10.6 Å². The maximum absolute atomic E-state index is 13.0. The molecule has 1 aliphatic heterocycles. The molecule has 2 atom stereocenters. The van der Waals surface area contributed by atoms with E-state index in [4.69, 9.17) is 0 Å². The number of hydrogen-bond donors (Lipinski definition) is 3. The summed E-state index contributed by atoms with van der Waals surface area (Å²) in [5.74, 6) is 0.679. The summed E-state index contributed by atoms with van der Waals surface area (Å²) in [6.07, 6.45) is 7.67. The number of aromatic amines is 1. The van der Waals surface area contributed by atoms with Gasteiger partial charge in [-0.25, -0.2) is 0 Å². The summed E-state index contributed by atoms with van der Waals surface area (Å²) in [7, 11) is 1.89. The van der Waals surface area contributed by atoms with Crippen molar-refractivity contribution in [3.63, 3.8) is 0 Å². The van der Waals surface area contributed by atoms with E-state index in [-0.39, 0.29) is 30.2 Å². The average Bonchev–Trinajstić information content (AvgIpc) is 3.34. The second-order valence-corrected chi connectivity index (χ2v) is 6.83. The molecule has 3 N–H and O–H groups in total. The number of aryl methyl sites for hydroxylation is 1. The number of tetrazole rings is 1.